The number of carbonyl (C=O) groups is 1. The highest BCUT2D eigenvalue weighted by atomic mass is 16.2. The largest absolute Gasteiger partial charge is 0.383 e. The fourth-order valence-corrected chi connectivity index (χ4v) is 4.71. The molecule has 0 unspecified atom stereocenters. The molecule has 0 spiro atoms. The van der Waals surface area contributed by atoms with Crippen molar-refractivity contribution in [3.8, 4) is 0 Å². The highest BCUT2D eigenvalue weighted by molar-refractivity contribution is 5.96. The average Bonchev–Trinajstić information content (AvgIpc) is 2.83. The highest BCUT2D eigenvalue weighted by Crippen LogP contribution is 2.22. The maximum atomic E-state index is 13.7. The maximum Gasteiger partial charge on any atom is 0.330 e. The summed E-state index contributed by atoms with van der Waals surface area (Å²) < 4.78 is 1.36. The molecular weight excluding hydrogens is 444 g/mol. The predicted molar refractivity (Wildman–Crippen MR) is 141 cm³/mol. The number of nitrogens with two attached hydrogens (primary N) is 1. The topological polar surface area (TPSA) is 108 Å². The van der Waals surface area contributed by atoms with Crippen LogP contribution in [0, 0.1) is 0 Å². The molecule has 3 N–H and O–H groups in total. The molecule has 3 rings (SSSR count). The van der Waals surface area contributed by atoms with Gasteiger partial charge < -0.3 is 10.6 Å². The van der Waals surface area contributed by atoms with Gasteiger partial charge in [-0.3, -0.25) is 28.9 Å². The number of aromatic nitrogens is 2. The third kappa shape index (κ3) is 6.61. The summed E-state index contributed by atoms with van der Waals surface area (Å²) in [6, 6.07) is 10.3. The Hall–Kier alpha value is -2.91. The lowest BCUT2D eigenvalue weighted by molar-refractivity contribution is -0.120. The van der Waals surface area contributed by atoms with Crippen molar-refractivity contribution in [1.82, 2.24) is 19.4 Å². The third-order valence-corrected chi connectivity index (χ3v) is 6.94. The lowest BCUT2D eigenvalue weighted by Gasteiger charge is -2.38. The summed E-state index contributed by atoms with van der Waals surface area (Å²) in [4.78, 5) is 47.4. The molecule has 0 radical (unpaired) electrons. The number of nitrogen functional groups attached to an aromatic ring is 1. The molecule has 1 amide bonds. The monoisotopic (exact) mass is 484 g/mol. The van der Waals surface area contributed by atoms with Crippen molar-refractivity contribution in [3.63, 3.8) is 0 Å². The summed E-state index contributed by atoms with van der Waals surface area (Å²) in [7, 11) is 1.96. The highest BCUT2D eigenvalue weighted by Gasteiger charge is 2.29. The first-order valence-electron chi connectivity index (χ1n) is 12.6. The Labute approximate surface area is 207 Å². The first-order valence-corrected chi connectivity index (χ1v) is 12.6. The van der Waals surface area contributed by atoms with Crippen LogP contribution in [0.25, 0.3) is 0 Å². The zero-order valence-corrected chi connectivity index (χ0v) is 21.5. The van der Waals surface area contributed by atoms with Crippen molar-refractivity contribution < 1.29 is 4.79 Å². The van der Waals surface area contributed by atoms with Crippen LogP contribution in [0.1, 0.15) is 52.0 Å². The van der Waals surface area contributed by atoms with Crippen LogP contribution >= 0.6 is 0 Å². The first-order chi connectivity index (χ1) is 16.7. The van der Waals surface area contributed by atoms with Crippen molar-refractivity contribution in [3.05, 3.63) is 56.7 Å². The maximum absolute atomic E-state index is 13.7. The van der Waals surface area contributed by atoms with Crippen molar-refractivity contribution in [1.29, 1.82) is 0 Å². The number of likely N-dealkylation sites (tertiary alicyclic amines) is 1. The van der Waals surface area contributed by atoms with Gasteiger partial charge in [-0.2, -0.15) is 0 Å². The van der Waals surface area contributed by atoms with Crippen LogP contribution in [0.15, 0.2) is 39.9 Å². The number of nitrogens with one attached hydrogen (secondary N) is 1. The van der Waals surface area contributed by atoms with E-state index < -0.39 is 11.2 Å². The number of anilines is 2. The molecule has 192 valence electrons. The van der Waals surface area contributed by atoms with Crippen molar-refractivity contribution in [2.24, 2.45) is 0 Å². The lowest BCUT2D eigenvalue weighted by atomic mass is 10.0. The molecule has 2 heterocycles. The molecule has 35 heavy (non-hydrogen) atoms. The van der Waals surface area contributed by atoms with Gasteiger partial charge in [-0.1, -0.05) is 43.7 Å². The number of hydrogen-bond donors (Lipinski definition) is 2. The number of likely N-dealkylation sites (N-methyl/N-ethyl adjacent to an activating group) is 1. The number of nitrogens with zero attached hydrogens (tertiary/aromatic N) is 4. The van der Waals surface area contributed by atoms with E-state index in [-0.39, 0.29) is 30.5 Å². The molecule has 1 saturated heterocycles. The summed E-state index contributed by atoms with van der Waals surface area (Å²) >= 11 is 0. The summed E-state index contributed by atoms with van der Waals surface area (Å²) in [5.41, 5.74) is 6.09. The molecule has 9 heteroatoms. The zero-order chi connectivity index (χ0) is 25.5. The third-order valence-electron chi connectivity index (χ3n) is 6.94. The van der Waals surface area contributed by atoms with E-state index in [1.165, 1.54) is 9.47 Å². The molecule has 1 aromatic heterocycles. The normalized spacial score (nSPS) is 15.1. The summed E-state index contributed by atoms with van der Waals surface area (Å²) in [6.45, 7) is 9.17. The second-order valence-corrected chi connectivity index (χ2v) is 9.74. The molecule has 0 atom stereocenters. The minimum absolute atomic E-state index is 0.0318. The molecule has 9 nitrogen and oxygen atoms in total. The van der Waals surface area contributed by atoms with Crippen LogP contribution < -0.4 is 21.9 Å². The van der Waals surface area contributed by atoms with Gasteiger partial charge in [0.15, 0.2) is 5.69 Å². The Morgan fingerprint density at radius 1 is 1.17 bits per heavy atom. The quantitative estimate of drug-likeness (QED) is 0.536. The minimum atomic E-state index is -0.641. The van der Waals surface area contributed by atoms with Crippen molar-refractivity contribution in [2.75, 3.05) is 37.3 Å². The smallest absolute Gasteiger partial charge is 0.330 e. The van der Waals surface area contributed by atoms with E-state index in [0.717, 1.165) is 44.3 Å². The molecule has 0 aliphatic carbocycles. The number of carbonyl (C=O) groups excluding carboxylic acids is 1. The number of benzene rings is 1. The molecule has 1 aliphatic rings. The number of aromatic amines is 1. The molecule has 0 saturated carbocycles. The van der Waals surface area contributed by atoms with Gasteiger partial charge in [0.1, 0.15) is 5.82 Å². The van der Waals surface area contributed by atoms with Gasteiger partial charge >= 0.3 is 5.69 Å². The van der Waals surface area contributed by atoms with Gasteiger partial charge in [0.2, 0.25) is 5.91 Å². The summed E-state index contributed by atoms with van der Waals surface area (Å²) in [5, 5.41) is 0. The van der Waals surface area contributed by atoms with E-state index in [1.807, 2.05) is 44.3 Å². The first kappa shape index (κ1) is 26.7. The van der Waals surface area contributed by atoms with Crippen molar-refractivity contribution in [2.45, 2.75) is 71.6 Å². The number of hydrogen-bond acceptors (Lipinski definition) is 6. The molecule has 2 aromatic rings. The van der Waals surface area contributed by atoms with Gasteiger partial charge in [0, 0.05) is 18.6 Å². The molecule has 1 aliphatic heterocycles. The SMILES string of the molecule is CCCCn1c(N)c(N(Cc2ccccc2)C(=O)CN(C)C2CCN(C(C)C)CC2)c(=O)[nH]c1=O. The Morgan fingerprint density at radius 3 is 2.43 bits per heavy atom. The number of piperidine rings is 1. The van der Waals surface area contributed by atoms with E-state index in [1.54, 1.807) is 0 Å². The van der Waals surface area contributed by atoms with Crippen LogP contribution in [0.4, 0.5) is 11.5 Å². The van der Waals surface area contributed by atoms with E-state index >= 15 is 0 Å². The van der Waals surface area contributed by atoms with Crippen LogP contribution in [-0.4, -0.2) is 64.0 Å². The van der Waals surface area contributed by atoms with Gasteiger partial charge in [-0.25, -0.2) is 4.79 Å². The van der Waals surface area contributed by atoms with Gasteiger partial charge in [0.05, 0.1) is 13.1 Å². The number of H-pyrrole nitrogens is 1. The van der Waals surface area contributed by atoms with E-state index in [9.17, 15) is 14.4 Å². The second kappa shape index (κ2) is 12.2. The van der Waals surface area contributed by atoms with Crippen molar-refractivity contribution >= 4 is 17.4 Å². The Kier molecular flexibility index (Phi) is 9.28. The average molecular weight is 485 g/mol. The second-order valence-electron chi connectivity index (χ2n) is 9.74. The molecule has 0 bridgehead atoms. The molecular formula is C26H40N6O3. The Balaban J connectivity index is 1.89. The number of unbranched alkanes of at least 4 members (excludes halogenated alkanes) is 1. The van der Waals surface area contributed by atoms with Gasteiger partial charge in [0.25, 0.3) is 5.56 Å². The Morgan fingerprint density at radius 2 is 1.83 bits per heavy atom. The number of amides is 1. The van der Waals surface area contributed by atoms with E-state index in [0.29, 0.717) is 18.6 Å². The fraction of sp³-hybridized carbons (Fsp3) is 0.577. The van der Waals surface area contributed by atoms with Crippen LogP contribution in [0.5, 0.6) is 0 Å². The van der Waals surface area contributed by atoms with Crippen LogP contribution in [0.2, 0.25) is 0 Å². The zero-order valence-electron chi connectivity index (χ0n) is 21.5. The van der Waals surface area contributed by atoms with Crippen LogP contribution in [-0.2, 0) is 17.9 Å². The molecule has 1 aromatic carbocycles. The predicted octanol–water partition coefficient (Wildman–Crippen LogP) is 2.26. The minimum Gasteiger partial charge on any atom is -0.383 e. The molecule has 1 fully saturated rings. The van der Waals surface area contributed by atoms with E-state index in [2.05, 4.69) is 28.6 Å². The van der Waals surface area contributed by atoms with Crippen LogP contribution in [0.3, 0.4) is 0 Å². The summed E-state index contributed by atoms with van der Waals surface area (Å²) in [6.07, 6.45) is 3.59. The lowest BCUT2D eigenvalue weighted by Crippen LogP contribution is -2.49. The number of rotatable bonds is 10. The van der Waals surface area contributed by atoms with Gasteiger partial charge in [-0.15, -0.1) is 0 Å². The fourth-order valence-electron chi connectivity index (χ4n) is 4.71. The standard InChI is InChI=1S/C26H40N6O3/c1-5-6-14-31-24(27)23(25(34)28-26(31)35)32(17-20-10-8-7-9-11-20)22(33)18-29(4)21-12-15-30(16-13-21)19(2)3/h7-11,19,21H,5-6,12-18,27H2,1-4H3,(H,28,34,35). The summed E-state index contributed by atoms with van der Waals surface area (Å²) in [5.74, 6) is -0.190. The van der Waals surface area contributed by atoms with E-state index in [4.69, 9.17) is 5.73 Å². The Bertz CT molecular complexity index is 1090. The van der Waals surface area contributed by atoms with Gasteiger partial charge in [-0.05, 0) is 58.8 Å².